The summed E-state index contributed by atoms with van der Waals surface area (Å²) in [6.07, 6.45) is 1.38. The number of carbonyl (C=O) groups excluding carboxylic acids is 2. The zero-order valence-corrected chi connectivity index (χ0v) is 20.9. The van der Waals surface area contributed by atoms with E-state index in [-0.39, 0.29) is 18.5 Å². The maximum absolute atomic E-state index is 13.6. The number of carbonyl (C=O) groups is 2. The van der Waals surface area contributed by atoms with Gasteiger partial charge in [-0.25, -0.2) is 4.79 Å². The van der Waals surface area contributed by atoms with Crippen molar-refractivity contribution in [3.8, 4) is 34.1 Å². The van der Waals surface area contributed by atoms with E-state index in [2.05, 4.69) is 4.74 Å². The first-order chi connectivity index (χ1) is 18.4. The summed E-state index contributed by atoms with van der Waals surface area (Å²) in [6.45, 7) is -0.295. The number of hydrogen-bond acceptors (Lipinski definition) is 9. The molecular weight excluding hydrogens is 492 g/mol. The van der Waals surface area contributed by atoms with E-state index in [1.165, 1.54) is 27.6 Å². The highest BCUT2D eigenvalue weighted by Crippen LogP contribution is 2.45. The van der Waals surface area contributed by atoms with Crippen LogP contribution in [0, 0.1) is 0 Å². The fourth-order valence-corrected chi connectivity index (χ4v) is 4.62. The fraction of sp³-hybridized carbons (Fsp3) is 0.207. The van der Waals surface area contributed by atoms with Crippen molar-refractivity contribution in [3.05, 3.63) is 82.2 Å². The van der Waals surface area contributed by atoms with Crippen LogP contribution < -0.4 is 24.4 Å². The Balaban J connectivity index is 1.65. The Morgan fingerprint density at radius 1 is 0.947 bits per heavy atom. The number of rotatable bonds is 7. The molecule has 0 saturated carbocycles. The molecule has 2 heterocycles. The molecule has 1 aromatic heterocycles. The standard InChI is InChI=1S/C29H24O9/c1-33-22-10-8-16(12-24(22)34-2)20-14-37-29-18(28(20)32)9-11-23-27(29)19(13-25(30)38-23)17-6-4-5-7-21(17)36-15-26(31)35-3/h4-12,14,19H,13,15H2,1-3H3/t19-/m0/s1. The van der Waals surface area contributed by atoms with Crippen molar-refractivity contribution in [1.29, 1.82) is 0 Å². The van der Waals surface area contributed by atoms with Gasteiger partial charge in [0, 0.05) is 17.0 Å². The summed E-state index contributed by atoms with van der Waals surface area (Å²) in [5.74, 6) is 0.197. The van der Waals surface area contributed by atoms with Crippen molar-refractivity contribution in [2.24, 2.45) is 0 Å². The summed E-state index contributed by atoms with van der Waals surface area (Å²) in [5, 5.41) is 0.326. The average Bonchev–Trinajstić information content (AvgIpc) is 2.95. The van der Waals surface area contributed by atoms with Gasteiger partial charge in [-0.05, 0) is 35.9 Å². The normalized spacial score (nSPS) is 14.4. The van der Waals surface area contributed by atoms with Crippen molar-refractivity contribution >= 4 is 22.9 Å². The average molecular weight is 517 g/mol. The predicted octanol–water partition coefficient (Wildman–Crippen LogP) is 4.47. The minimum Gasteiger partial charge on any atom is -0.493 e. The summed E-state index contributed by atoms with van der Waals surface area (Å²) in [4.78, 5) is 37.8. The molecule has 0 radical (unpaired) electrons. The van der Waals surface area contributed by atoms with Gasteiger partial charge in [0.2, 0.25) is 5.43 Å². The zero-order valence-electron chi connectivity index (χ0n) is 20.9. The summed E-state index contributed by atoms with van der Waals surface area (Å²) < 4.78 is 32.6. The minimum atomic E-state index is -0.543. The summed E-state index contributed by atoms with van der Waals surface area (Å²) in [7, 11) is 4.33. The molecule has 1 atom stereocenters. The number of fused-ring (bicyclic) bond motifs is 3. The molecule has 9 nitrogen and oxygen atoms in total. The van der Waals surface area contributed by atoms with E-state index in [9.17, 15) is 14.4 Å². The molecule has 0 N–H and O–H groups in total. The van der Waals surface area contributed by atoms with Crippen LogP contribution in [0.1, 0.15) is 23.5 Å². The van der Waals surface area contributed by atoms with Crippen LogP contribution in [0.25, 0.3) is 22.1 Å². The molecule has 0 spiro atoms. The Hall–Kier alpha value is -4.79. The number of methoxy groups -OCH3 is 3. The molecule has 0 amide bonds. The van der Waals surface area contributed by atoms with Gasteiger partial charge in [-0.15, -0.1) is 0 Å². The van der Waals surface area contributed by atoms with E-state index in [4.69, 9.17) is 23.4 Å². The second-order valence-electron chi connectivity index (χ2n) is 8.54. The molecule has 0 unspecified atom stereocenters. The molecule has 1 aliphatic rings. The van der Waals surface area contributed by atoms with Gasteiger partial charge < -0.3 is 28.1 Å². The quantitative estimate of drug-likeness (QED) is 0.259. The van der Waals surface area contributed by atoms with Crippen molar-refractivity contribution < 1.29 is 37.7 Å². The summed E-state index contributed by atoms with van der Waals surface area (Å²) in [5.41, 5.74) is 2.18. The Morgan fingerprint density at radius 2 is 1.74 bits per heavy atom. The molecule has 1 aliphatic heterocycles. The third-order valence-electron chi connectivity index (χ3n) is 6.45. The molecule has 4 aromatic rings. The van der Waals surface area contributed by atoms with Crippen LogP contribution in [0.3, 0.4) is 0 Å². The molecule has 194 valence electrons. The molecule has 0 bridgehead atoms. The van der Waals surface area contributed by atoms with Crippen LogP contribution in [0.4, 0.5) is 0 Å². The number of hydrogen-bond donors (Lipinski definition) is 0. The second-order valence-corrected chi connectivity index (χ2v) is 8.54. The zero-order chi connectivity index (χ0) is 26.8. The van der Waals surface area contributed by atoms with Gasteiger partial charge in [-0.3, -0.25) is 9.59 Å². The van der Waals surface area contributed by atoms with Crippen LogP contribution in [-0.2, 0) is 14.3 Å². The van der Waals surface area contributed by atoms with Gasteiger partial charge in [0.05, 0.1) is 38.7 Å². The third kappa shape index (κ3) is 4.43. The first kappa shape index (κ1) is 24.9. The Labute approximate surface area is 217 Å². The van der Waals surface area contributed by atoms with Crippen LogP contribution in [0.5, 0.6) is 23.0 Å². The lowest BCUT2D eigenvalue weighted by Crippen LogP contribution is -2.23. The van der Waals surface area contributed by atoms with Gasteiger partial charge in [0.1, 0.15) is 23.3 Å². The lowest BCUT2D eigenvalue weighted by atomic mass is 9.84. The fourth-order valence-electron chi connectivity index (χ4n) is 4.62. The molecular formula is C29H24O9. The van der Waals surface area contributed by atoms with Crippen LogP contribution in [0.15, 0.2) is 70.1 Å². The Bertz CT molecular complexity index is 1600. The van der Waals surface area contributed by atoms with Crippen molar-refractivity contribution in [2.75, 3.05) is 27.9 Å². The molecule has 0 fully saturated rings. The highest BCUT2D eigenvalue weighted by Gasteiger charge is 2.34. The lowest BCUT2D eigenvalue weighted by Gasteiger charge is -2.26. The topological polar surface area (TPSA) is 111 Å². The number of esters is 2. The highest BCUT2D eigenvalue weighted by molar-refractivity contribution is 5.90. The Morgan fingerprint density at radius 3 is 2.50 bits per heavy atom. The number of benzene rings is 3. The van der Waals surface area contributed by atoms with E-state index in [1.807, 2.05) is 0 Å². The maximum atomic E-state index is 13.6. The second kappa shape index (κ2) is 10.3. The maximum Gasteiger partial charge on any atom is 0.343 e. The highest BCUT2D eigenvalue weighted by atomic mass is 16.6. The van der Waals surface area contributed by atoms with Gasteiger partial charge in [0.25, 0.3) is 0 Å². The first-order valence-electron chi connectivity index (χ1n) is 11.7. The SMILES string of the molecule is COC(=O)COc1ccccc1[C@@H]1CC(=O)Oc2ccc3c(=O)c(-c4ccc(OC)c(OC)c4)coc3c21. The summed E-state index contributed by atoms with van der Waals surface area (Å²) >= 11 is 0. The van der Waals surface area contributed by atoms with Crippen molar-refractivity contribution in [2.45, 2.75) is 12.3 Å². The van der Waals surface area contributed by atoms with Crippen molar-refractivity contribution in [1.82, 2.24) is 0 Å². The van der Waals surface area contributed by atoms with Gasteiger partial charge in [-0.2, -0.15) is 0 Å². The molecule has 0 aliphatic carbocycles. The van der Waals surface area contributed by atoms with E-state index >= 15 is 0 Å². The van der Waals surface area contributed by atoms with E-state index in [0.717, 1.165) is 0 Å². The smallest absolute Gasteiger partial charge is 0.343 e. The molecule has 9 heteroatoms. The van der Waals surface area contributed by atoms with E-state index in [0.29, 0.717) is 56.2 Å². The van der Waals surface area contributed by atoms with Gasteiger partial charge in [0.15, 0.2) is 18.1 Å². The number of para-hydroxylation sites is 1. The van der Waals surface area contributed by atoms with Crippen LogP contribution in [-0.4, -0.2) is 39.9 Å². The minimum absolute atomic E-state index is 0.00808. The van der Waals surface area contributed by atoms with Crippen molar-refractivity contribution in [3.63, 3.8) is 0 Å². The molecule has 5 rings (SSSR count). The molecule has 38 heavy (non-hydrogen) atoms. The predicted molar refractivity (Wildman–Crippen MR) is 137 cm³/mol. The lowest BCUT2D eigenvalue weighted by molar-refractivity contribution is -0.143. The van der Waals surface area contributed by atoms with Crippen LogP contribution >= 0.6 is 0 Å². The number of ether oxygens (including phenoxy) is 5. The van der Waals surface area contributed by atoms with E-state index in [1.54, 1.807) is 54.6 Å². The Kier molecular flexibility index (Phi) is 6.74. The largest absolute Gasteiger partial charge is 0.493 e. The summed E-state index contributed by atoms with van der Waals surface area (Å²) in [6, 6.07) is 15.4. The third-order valence-corrected chi connectivity index (χ3v) is 6.45. The van der Waals surface area contributed by atoms with Gasteiger partial charge in [-0.1, -0.05) is 24.3 Å². The molecule has 0 saturated heterocycles. The van der Waals surface area contributed by atoms with E-state index < -0.39 is 17.9 Å². The van der Waals surface area contributed by atoms with Gasteiger partial charge >= 0.3 is 11.9 Å². The molecule has 3 aromatic carbocycles. The van der Waals surface area contributed by atoms with Crippen LogP contribution in [0.2, 0.25) is 0 Å². The monoisotopic (exact) mass is 516 g/mol. The first-order valence-corrected chi connectivity index (χ1v) is 11.7.